The van der Waals surface area contributed by atoms with E-state index < -0.39 is 33.5 Å². The second-order valence-electron chi connectivity index (χ2n) is 5.22. The summed E-state index contributed by atoms with van der Waals surface area (Å²) >= 11 is 0. The molecule has 0 aromatic rings. The van der Waals surface area contributed by atoms with Gasteiger partial charge >= 0.3 is 5.97 Å². The van der Waals surface area contributed by atoms with Crippen LogP contribution in [0, 0.1) is 11.8 Å². The highest BCUT2D eigenvalue weighted by Gasteiger charge is 2.27. The molecule has 0 saturated carbocycles. The molecule has 2 unspecified atom stereocenters. The third-order valence-corrected chi connectivity index (χ3v) is 4.61. The lowest BCUT2D eigenvalue weighted by Gasteiger charge is -2.20. The fourth-order valence-electron chi connectivity index (χ4n) is 1.66. The topological polar surface area (TPSA) is 101 Å². The lowest BCUT2D eigenvalue weighted by atomic mass is 9.99. The molecule has 2 atom stereocenters. The molecule has 6 nitrogen and oxygen atoms in total. The van der Waals surface area contributed by atoms with Crippen LogP contribution in [0.2, 0.25) is 0 Å². The third-order valence-electron chi connectivity index (χ3n) is 2.73. The zero-order valence-electron chi connectivity index (χ0n) is 11.8. The second-order valence-corrected chi connectivity index (χ2v) is 7.33. The molecule has 0 radical (unpaired) electrons. The van der Waals surface area contributed by atoms with Gasteiger partial charge in [0, 0.05) is 0 Å². The molecule has 0 aliphatic heterocycles. The van der Waals surface area contributed by atoms with E-state index in [1.54, 1.807) is 20.8 Å². The van der Waals surface area contributed by atoms with Gasteiger partial charge in [0.1, 0.15) is 11.8 Å². The quantitative estimate of drug-likeness (QED) is 0.685. The first-order valence-corrected chi connectivity index (χ1v) is 8.13. The molecule has 0 aliphatic rings. The van der Waals surface area contributed by atoms with Crippen molar-refractivity contribution < 1.29 is 23.1 Å². The molecule has 0 aromatic carbocycles. The van der Waals surface area contributed by atoms with Gasteiger partial charge in [-0.3, -0.25) is 4.79 Å². The Morgan fingerprint density at radius 1 is 1.21 bits per heavy atom. The molecule has 112 valence electrons. The third kappa shape index (κ3) is 7.15. The molecule has 2 N–H and O–H groups in total. The van der Waals surface area contributed by atoms with Crippen molar-refractivity contribution in [3.05, 3.63) is 0 Å². The van der Waals surface area contributed by atoms with Gasteiger partial charge in [-0.1, -0.05) is 34.1 Å². The second kappa shape index (κ2) is 7.47. The molecule has 0 bridgehead atoms. The van der Waals surface area contributed by atoms with Gasteiger partial charge < -0.3 is 10.4 Å². The van der Waals surface area contributed by atoms with Crippen LogP contribution in [0.1, 0.15) is 34.1 Å². The normalized spacial score (nSPS) is 15.0. The molecule has 1 amide bonds. The van der Waals surface area contributed by atoms with E-state index in [2.05, 4.69) is 5.32 Å². The number of carbonyl (C=O) groups excluding carboxylic acids is 1. The lowest BCUT2D eigenvalue weighted by molar-refractivity contribution is -0.143. The molecular weight excluding hydrogens is 270 g/mol. The number of carboxylic acid groups (broad SMARTS) is 1. The molecule has 0 aromatic heterocycles. The molecule has 0 heterocycles. The summed E-state index contributed by atoms with van der Waals surface area (Å²) in [5.74, 6) is -2.97. The van der Waals surface area contributed by atoms with Crippen LogP contribution >= 0.6 is 0 Å². The molecule has 0 fully saturated rings. The molecule has 7 heteroatoms. The fourth-order valence-corrected chi connectivity index (χ4v) is 3.28. The van der Waals surface area contributed by atoms with Crippen molar-refractivity contribution in [1.82, 2.24) is 5.32 Å². The van der Waals surface area contributed by atoms with Gasteiger partial charge in [0.15, 0.2) is 9.84 Å². The highest BCUT2D eigenvalue weighted by Crippen LogP contribution is 2.08. The Morgan fingerprint density at radius 3 is 2.11 bits per heavy atom. The predicted molar refractivity (Wildman–Crippen MR) is 72.5 cm³/mol. The zero-order valence-corrected chi connectivity index (χ0v) is 12.7. The first kappa shape index (κ1) is 17.9. The minimum atomic E-state index is -3.49. The summed E-state index contributed by atoms with van der Waals surface area (Å²) in [5.41, 5.74) is 0. The van der Waals surface area contributed by atoms with E-state index in [1.807, 2.05) is 6.92 Å². The van der Waals surface area contributed by atoms with E-state index in [0.29, 0.717) is 6.42 Å². The number of carboxylic acids is 1. The van der Waals surface area contributed by atoms with Crippen molar-refractivity contribution in [2.45, 2.75) is 40.2 Å². The summed E-state index contributed by atoms with van der Waals surface area (Å²) < 4.78 is 23.3. The van der Waals surface area contributed by atoms with Crippen LogP contribution in [0.3, 0.4) is 0 Å². The number of rotatable bonds is 8. The minimum absolute atomic E-state index is 0.0670. The summed E-state index contributed by atoms with van der Waals surface area (Å²) in [6, 6.07) is -1.05. The average Bonchev–Trinajstić information content (AvgIpc) is 2.21. The van der Waals surface area contributed by atoms with Crippen LogP contribution in [0.5, 0.6) is 0 Å². The Morgan fingerprint density at radius 2 is 1.74 bits per heavy atom. The van der Waals surface area contributed by atoms with Gasteiger partial charge in [0.05, 0.1) is 5.75 Å². The molecule has 0 aliphatic carbocycles. The maximum atomic E-state index is 11.6. The van der Waals surface area contributed by atoms with Crippen molar-refractivity contribution >= 4 is 21.7 Å². The van der Waals surface area contributed by atoms with Crippen LogP contribution in [0.4, 0.5) is 0 Å². The minimum Gasteiger partial charge on any atom is -0.480 e. The SMILES string of the molecule is CCC(C)C(NC(=O)CS(=O)(=O)CC(C)C)C(=O)O. The van der Waals surface area contributed by atoms with E-state index in [0.717, 1.165) is 0 Å². The molecule has 19 heavy (non-hydrogen) atoms. The monoisotopic (exact) mass is 293 g/mol. The molecular formula is C12H23NO5S. The van der Waals surface area contributed by atoms with Gasteiger partial charge in [-0.2, -0.15) is 0 Å². The Balaban J connectivity index is 4.64. The van der Waals surface area contributed by atoms with Crippen molar-refractivity contribution in [2.75, 3.05) is 11.5 Å². The highest BCUT2D eigenvalue weighted by atomic mass is 32.2. The predicted octanol–water partition coefficient (Wildman–Crippen LogP) is 0.673. The zero-order chi connectivity index (χ0) is 15.2. The number of carbonyl (C=O) groups is 2. The van der Waals surface area contributed by atoms with Gasteiger partial charge in [-0.05, 0) is 11.8 Å². The van der Waals surface area contributed by atoms with Crippen LogP contribution in [-0.4, -0.2) is 42.9 Å². The van der Waals surface area contributed by atoms with Crippen molar-refractivity contribution in [1.29, 1.82) is 0 Å². The smallest absolute Gasteiger partial charge is 0.326 e. The Kier molecular flexibility index (Phi) is 7.04. The maximum Gasteiger partial charge on any atom is 0.326 e. The number of amides is 1. The highest BCUT2D eigenvalue weighted by molar-refractivity contribution is 7.92. The Bertz CT molecular complexity index is 416. The number of hydrogen-bond donors (Lipinski definition) is 2. The number of hydrogen-bond acceptors (Lipinski definition) is 4. The van der Waals surface area contributed by atoms with Crippen molar-refractivity contribution in [3.63, 3.8) is 0 Å². The van der Waals surface area contributed by atoms with E-state index >= 15 is 0 Å². The van der Waals surface area contributed by atoms with Crippen LogP contribution < -0.4 is 5.32 Å². The summed E-state index contributed by atoms with van der Waals surface area (Å²) in [5, 5.41) is 11.3. The Hall–Kier alpha value is -1.11. The number of sulfone groups is 1. The van der Waals surface area contributed by atoms with Gasteiger partial charge in [-0.15, -0.1) is 0 Å². The van der Waals surface area contributed by atoms with E-state index in [9.17, 15) is 18.0 Å². The first-order chi connectivity index (χ1) is 8.59. The van der Waals surface area contributed by atoms with Gasteiger partial charge in [0.25, 0.3) is 0 Å². The van der Waals surface area contributed by atoms with Crippen molar-refractivity contribution in [3.8, 4) is 0 Å². The molecule has 0 saturated heterocycles. The molecule has 0 spiro atoms. The standard InChI is InChI=1S/C12H23NO5S/c1-5-9(4)11(12(15)16)13-10(14)7-19(17,18)6-8(2)3/h8-9,11H,5-7H2,1-4H3,(H,13,14)(H,15,16). The number of nitrogens with one attached hydrogen (secondary N) is 1. The summed E-state index contributed by atoms with van der Waals surface area (Å²) in [7, 11) is -3.49. The first-order valence-electron chi connectivity index (χ1n) is 6.31. The summed E-state index contributed by atoms with van der Waals surface area (Å²) in [6.07, 6.45) is 0.579. The van der Waals surface area contributed by atoms with Crippen LogP contribution in [-0.2, 0) is 19.4 Å². The van der Waals surface area contributed by atoms with E-state index in [1.165, 1.54) is 0 Å². The van der Waals surface area contributed by atoms with Crippen LogP contribution in [0.15, 0.2) is 0 Å². The Labute approximate surface area is 114 Å². The summed E-state index contributed by atoms with van der Waals surface area (Å²) in [4.78, 5) is 22.6. The van der Waals surface area contributed by atoms with E-state index in [4.69, 9.17) is 5.11 Å². The largest absolute Gasteiger partial charge is 0.480 e. The number of aliphatic carboxylic acids is 1. The average molecular weight is 293 g/mol. The maximum absolute atomic E-state index is 11.6. The molecule has 0 rings (SSSR count). The van der Waals surface area contributed by atoms with Gasteiger partial charge in [0.2, 0.25) is 5.91 Å². The lowest BCUT2D eigenvalue weighted by Crippen LogP contribution is -2.47. The summed E-state index contributed by atoms with van der Waals surface area (Å²) in [6.45, 7) is 6.99. The fraction of sp³-hybridized carbons (Fsp3) is 0.833. The van der Waals surface area contributed by atoms with Gasteiger partial charge in [-0.25, -0.2) is 13.2 Å². The van der Waals surface area contributed by atoms with E-state index in [-0.39, 0.29) is 17.6 Å². The van der Waals surface area contributed by atoms with Crippen LogP contribution in [0.25, 0.3) is 0 Å². The van der Waals surface area contributed by atoms with Crippen molar-refractivity contribution in [2.24, 2.45) is 11.8 Å².